The summed E-state index contributed by atoms with van der Waals surface area (Å²) in [6.45, 7) is 3.78. The lowest BCUT2D eigenvalue weighted by Crippen LogP contribution is -2.29. The molecular weight excluding hydrogens is 314 g/mol. The predicted octanol–water partition coefficient (Wildman–Crippen LogP) is 0.610. The van der Waals surface area contributed by atoms with E-state index in [1.165, 1.54) is 11.3 Å². The first-order valence-corrected chi connectivity index (χ1v) is 8.87. The van der Waals surface area contributed by atoms with Gasteiger partial charge in [-0.3, -0.25) is 14.3 Å². The average molecular weight is 329 g/mol. The van der Waals surface area contributed by atoms with Crippen LogP contribution in [0, 0.1) is 13.8 Å². The molecule has 2 N–H and O–H groups in total. The number of H-pyrrole nitrogens is 1. The highest BCUT2D eigenvalue weighted by Gasteiger charge is 2.13. The Morgan fingerprint density at radius 2 is 2.05 bits per heavy atom. The van der Waals surface area contributed by atoms with E-state index in [1.54, 1.807) is 0 Å². The largest absolute Gasteiger partial charge is 0.310 e. The number of carbonyl (C=O) groups excluding carboxylic acids is 1. The van der Waals surface area contributed by atoms with Crippen molar-refractivity contribution >= 4 is 37.5 Å². The predicted molar refractivity (Wildman–Crippen MR) is 81.0 cm³/mol. The van der Waals surface area contributed by atoms with Gasteiger partial charge in [0.15, 0.2) is 0 Å². The summed E-state index contributed by atoms with van der Waals surface area (Å²) in [6.07, 6.45) is 1.02. The molecular formula is C12H15N3O4S2. The minimum absolute atomic E-state index is 0.0646. The molecule has 0 unspecified atom stereocenters. The number of aromatic amines is 1. The van der Waals surface area contributed by atoms with E-state index in [0.29, 0.717) is 16.0 Å². The molecule has 0 aliphatic carbocycles. The van der Waals surface area contributed by atoms with Crippen molar-refractivity contribution in [2.75, 3.05) is 6.26 Å². The second-order valence-electron chi connectivity index (χ2n) is 4.77. The van der Waals surface area contributed by atoms with Crippen molar-refractivity contribution in [1.82, 2.24) is 14.7 Å². The normalized spacial score (nSPS) is 11.8. The number of amides is 1. The number of fused-ring (bicyclic) bond motifs is 1. The highest BCUT2D eigenvalue weighted by Crippen LogP contribution is 2.25. The molecule has 0 bridgehead atoms. The lowest BCUT2D eigenvalue weighted by atomic mass is 10.2. The Morgan fingerprint density at radius 3 is 2.67 bits per heavy atom. The molecule has 0 saturated heterocycles. The molecule has 0 saturated carbocycles. The molecule has 0 aromatic carbocycles. The summed E-state index contributed by atoms with van der Waals surface area (Å²) >= 11 is 1.42. The molecule has 2 heterocycles. The SMILES string of the molecule is Cc1sc2nc(CCC(=O)NS(C)(=O)=O)[nH]c(=O)c2c1C. The first kappa shape index (κ1) is 15.6. The Kier molecular flexibility index (Phi) is 4.15. The van der Waals surface area contributed by atoms with Gasteiger partial charge in [0.05, 0.1) is 11.6 Å². The van der Waals surface area contributed by atoms with Crippen molar-refractivity contribution in [2.45, 2.75) is 26.7 Å². The van der Waals surface area contributed by atoms with E-state index in [2.05, 4.69) is 9.97 Å². The van der Waals surface area contributed by atoms with Crippen molar-refractivity contribution in [1.29, 1.82) is 0 Å². The van der Waals surface area contributed by atoms with Crippen LogP contribution in [0.4, 0.5) is 0 Å². The van der Waals surface area contributed by atoms with E-state index < -0.39 is 15.9 Å². The fourth-order valence-corrected chi connectivity index (χ4v) is 3.47. The van der Waals surface area contributed by atoms with Crippen LogP contribution in [0.3, 0.4) is 0 Å². The summed E-state index contributed by atoms with van der Waals surface area (Å²) in [4.78, 5) is 32.1. The van der Waals surface area contributed by atoms with Crippen LogP contribution in [0.15, 0.2) is 4.79 Å². The third kappa shape index (κ3) is 3.67. The van der Waals surface area contributed by atoms with Crippen LogP contribution in [-0.2, 0) is 21.2 Å². The molecule has 0 aliphatic rings. The van der Waals surface area contributed by atoms with E-state index in [9.17, 15) is 18.0 Å². The lowest BCUT2D eigenvalue weighted by Gasteiger charge is -2.02. The number of aromatic nitrogens is 2. The van der Waals surface area contributed by atoms with Crippen molar-refractivity contribution in [3.63, 3.8) is 0 Å². The Bertz CT molecular complexity index is 864. The van der Waals surface area contributed by atoms with E-state index in [1.807, 2.05) is 18.6 Å². The van der Waals surface area contributed by atoms with Gasteiger partial charge in [-0.1, -0.05) is 0 Å². The second-order valence-corrected chi connectivity index (χ2v) is 7.73. The van der Waals surface area contributed by atoms with Gasteiger partial charge in [-0.15, -0.1) is 11.3 Å². The molecule has 0 atom stereocenters. The fourth-order valence-electron chi connectivity index (χ4n) is 1.91. The molecule has 2 aromatic heterocycles. The standard InChI is InChI=1S/C12H15N3O4S2/c1-6-7(2)20-12-10(6)11(17)13-8(14-12)4-5-9(16)15-21(3,18)19/h4-5H2,1-3H3,(H,15,16)(H,13,14,17). The number of hydrogen-bond donors (Lipinski definition) is 2. The van der Waals surface area contributed by atoms with Crippen LogP contribution in [0.2, 0.25) is 0 Å². The number of rotatable bonds is 4. The number of sulfonamides is 1. The molecule has 7 nitrogen and oxygen atoms in total. The van der Waals surface area contributed by atoms with Gasteiger partial charge in [0.2, 0.25) is 15.9 Å². The lowest BCUT2D eigenvalue weighted by molar-refractivity contribution is -0.119. The van der Waals surface area contributed by atoms with Gasteiger partial charge in [-0.2, -0.15) is 0 Å². The summed E-state index contributed by atoms with van der Waals surface area (Å²) in [6, 6.07) is 0. The number of nitrogens with zero attached hydrogens (tertiary/aromatic N) is 1. The van der Waals surface area contributed by atoms with Crippen LogP contribution in [-0.4, -0.2) is 30.5 Å². The van der Waals surface area contributed by atoms with E-state index in [4.69, 9.17) is 0 Å². The third-order valence-electron chi connectivity index (χ3n) is 2.98. The van der Waals surface area contributed by atoms with Gasteiger partial charge in [-0.25, -0.2) is 13.4 Å². The van der Waals surface area contributed by atoms with E-state index >= 15 is 0 Å². The first-order chi connectivity index (χ1) is 9.67. The summed E-state index contributed by atoms with van der Waals surface area (Å²) in [5.74, 6) is -0.254. The Labute approximate surface area is 125 Å². The van der Waals surface area contributed by atoms with Crippen molar-refractivity contribution in [2.24, 2.45) is 0 Å². The van der Waals surface area contributed by atoms with Gasteiger partial charge in [0, 0.05) is 17.7 Å². The summed E-state index contributed by atoms with van der Waals surface area (Å²) in [7, 11) is -3.56. The highest BCUT2D eigenvalue weighted by molar-refractivity contribution is 7.89. The maximum absolute atomic E-state index is 12.0. The molecule has 0 radical (unpaired) electrons. The highest BCUT2D eigenvalue weighted by atomic mass is 32.2. The zero-order valence-electron chi connectivity index (χ0n) is 11.8. The third-order valence-corrected chi connectivity index (χ3v) is 4.68. The van der Waals surface area contributed by atoms with Crippen LogP contribution >= 0.6 is 11.3 Å². The molecule has 114 valence electrons. The monoisotopic (exact) mass is 329 g/mol. The molecule has 1 amide bonds. The van der Waals surface area contributed by atoms with Crippen LogP contribution in [0.1, 0.15) is 22.7 Å². The Balaban J connectivity index is 2.21. The van der Waals surface area contributed by atoms with Crippen LogP contribution < -0.4 is 10.3 Å². The minimum Gasteiger partial charge on any atom is -0.310 e. The maximum atomic E-state index is 12.0. The molecule has 0 aliphatic heterocycles. The van der Waals surface area contributed by atoms with Crippen molar-refractivity contribution < 1.29 is 13.2 Å². The molecule has 2 rings (SSSR count). The molecule has 0 fully saturated rings. The summed E-state index contributed by atoms with van der Waals surface area (Å²) in [5.41, 5.74) is 0.672. The average Bonchev–Trinajstić information content (AvgIpc) is 2.61. The Hall–Kier alpha value is -1.74. The molecule has 21 heavy (non-hydrogen) atoms. The number of hydrogen-bond acceptors (Lipinski definition) is 6. The Morgan fingerprint density at radius 1 is 1.38 bits per heavy atom. The summed E-state index contributed by atoms with van der Waals surface area (Å²) in [5, 5.41) is 0.571. The molecule has 0 spiro atoms. The van der Waals surface area contributed by atoms with Gasteiger partial charge < -0.3 is 4.98 Å². The second kappa shape index (κ2) is 5.57. The van der Waals surface area contributed by atoms with Gasteiger partial charge in [-0.05, 0) is 19.4 Å². The van der Waals surface area contributed by atoms with E-state index in [0.717, 1.165) is 16.7 Å². The summed E-state index contributed by atoms with van der Waals surface area (Å²) < 4.78 is 23.7. The number of nitrogens with one attached hydrogen (secondary N) is 2. The number of carbonyl (C=O) groups is 1. The van der Waals surface area contributed by atoms with Gasteiger partial charge in [0.25, 0.3) is 5.56 Å². The smallest absolute Gasteiger partial charge is 0.259 e. The minimum atomic E-state index is -3.56. The quantitative estimate of drug-likeness (QED) is 0.854. The van der Waals surface area contributed by atoms with Crippen LogP contribution in [0.5, 0.6) is 0 Å². The number of thiophene rings is 1. The van der Waals surface area contributed by atoms with Crippen LogP contribution in [0.25, 0.3) is 10.2 Å². The first-order valence-electron chi connectivity index (χ1n) is 6.17. The zero-order valence-corrected chi connectivity index (χ0v) is 13.4. The van der Waals surface area contributed by atoms with Crippen molar-refractivity contribution in [3.05, 3.63) is 26.6 Å². The van der Waals surface area contributed by atoms with Crippen molar-refractivity contribution in [3.8, 4) is 0 Å². The van der Waals surface area contributed by atoms with E-state index in [-0.39, 0.29) is 18.4 Å². The molecule has 9 heteroatoms. The molecule has 2 aromatic rings. The van der Waals surface area contributed by atoms with Gasteiger partial charge in [0.1, 0.15) is 10.7 Å². The zero-order chi connectivity index (χ0) is 15.8. The maximum Gasteiger partial charge on any atom is 0.259 e. The topological polar surface area (TPSA) is 109 Å². The van der Waals surface area contributed by atoms with Gasteiger partial charge >= 0.3 is 0 Å². The fraction of sp³-hybridized carbons (Fsp3) is 0.417. The number of aryl methyl sites for hydroxylation is 3.